The molecule has 12 heavy (non-hydrogen) atoms. The molecule has 0 saturated carbocycles. The van der Waals surface area contributed by atoms with E-state index in [2.05, 4.69) is 5.10 Å². The predicted octanol–water partition coefficient (Wildman–Crippen LogP) is 0.631. The van der Waals surface area contributed by atoms with Crippen LogP contribution < -0.4 is 10.5 Å². The van der Waals surface area contributed by atoms with Gasteiger partial charge in [0.2, 0.25) is 0 Å². The molecule has 1 heterocycles. The first-order chi connectivity index (χ1) is 5.86. The Labute approximate surface area is 72.3 Å². The summed E-state index contributed by atoms with van der Waals surface area (Å²) in [6.45, 7) is 4.20. The number of nitrogens with two attached hydrogens (primary N) is 1. The number of ether oxygens (including phenoxy) is 1. The lowest BCUT2D eigenvalue weighted by Crippen LogP contribution is -2.05. The average Bonchev–Trinajstić information content (AvgIpc) is 2.50. The van der Waals surface area contributed by atoms with Gasteiger partial charge in [-0.15, -0.1) is 0 Å². The zero-order valence-electron chi connectivity index (χ0n) is 7.36. The van der Waals surface area contributed by atoms with E-state index < -0.39 is 0 Å². The van der Waals surface area contributed by atoms with E-state index in [1.165, 1.54) is 0 Å². The highest BCUT2D eigenvalue weighted by atomic mass is 16.5. The molecular formula is C8H15N3O. The molecular weight excluding hydrogens is 154 g/mol. The van der Waals surface area contributed by atoms with Crippen molar-refractivity contribution in [3.8, 4) is 5.75 Å². The minimum atomic E-state index is 0.683. The van der Waals surface area contributed by atoms with Crippen molar-refractivity contribution in [3.63, 3.8) is 0 Å². The standard InChI is InChI=1S/C8H15N3O/c1-2-12-8-6-10-11(7-8)5-3-4-9/h6-7H,2-5,9H2,1H3. The Morgan fingerprint density at radius 1 is 1.67 bits per heavy atom. The molecule has 4 nitrogen and oxygen atoms in total. The van der Waals surface area contributed by atoms with Crippen LogP contribution in [0.5, 0.6) is 5.75 Å². The van der Waals surface area contributed by atoms with Crippen molar-refractivity contribution in [2.24, 2.45) is 5.73 Å². The van der Waals surface area contributed by atoms with Gasteiger partial charge in [-0.05, 0) is 19.9 Å². The Balaban J connectivity index is 2.41. The maximum Gasteiger partial charge on any atom is 0.157 e. The van der Waals surface area contributed by atoms with Gasteiger partial charge in [0.05, 0.1) is 19.0 Å². The van der Waals surface area contributed by atoms with Crippen molar-refractivity contribution < 1.29 is 4.74 Å². The number of aryl methyl sites for hydroxylation is 1. The second-order valence-electron chi connectivity index (χ2n) is 2.51. The third-order valence-corrected chi connectivity index (χ3v) is 1.51. The topological polar surface area (TPSA) is 53.1 Å². The number of aromatic nitrogens is 2. The SMILES string of the molecule is CCOc1cnn(CCCN)c1. The van der Waals surface area contributed by atoms with Gasteiger partial charge in [0.25, 0.3) is 0 Å². The molecule has 1 aromatic heterocycles. The monoisotopic (exact) mass is 169 g/mol. The van der Waals surface area contributed by atoms with Gasteiger partial charge < -0.3 is 10.5 Å². The first-order valence-corrected chi connectivity index (χ1v) is 4.22. The van der Waals surface area contributed by atoms with Gasteiger partial charge in [0, 0.05) is 6.54 Å². The van der Waals surface area contributed by atoms with Crippen LogP contribution in [0.2, 0.25) is 0 Å². The summed E-state index contributed by atoms with van der Waals surface area (Å²) in [5, 5.41) is 4.11. The summed E-state index contributed by atoms with van der Waals surface area (Å²) in [6, 6.07) is 0. The lowest BCUT2D eigenvalue weighted by atomic mass is 10.4. The molecule has 0 fully saturated rings. The van der Waals surface area contributed by atoms with Crippen LogP contribution in [-0.2, 0) is 6.54 Å². The first-order valence-electron chi connectivity index (χ1n) is 4.22. The Kier molecular flexibility index (Phi) is 3.60. The van der Waals surface area contributed by atoms with Crippen molar-refractivity contribution >= 4 is 0 Å². The van der Waals surface area contributed by atoms with Crippen molar-refractivity contribution in [2.45, 2.75) is 19.9 Å². The fraction of sp³-hybridized carbons (Fsp3) is 0.625. The van der Waals surface area contributed by atoms with Crippen LogP contribution in [-0.4, -0.2) is 22.9 Å². The Hall–Kier alpha value is -1.03. The molecule has 0 bridgehead atoms. The summed E-state index contributed by atoms with van der Waals surface area (Å²) in [6.07, 6.45) is 4.56. The summed E-state index contributed by atoms with van der Waals surface area (Å²) in [4.78, 5) is 0. The van der Waals surface area contributed by atoms with Crippen LogP contribution >= 0.6 is 0 Å². The molecule has 1 aromatic rings. The molecule has 0 saturated heterocycles. The van der Waals surface area contributed by atoms with Gasteiger partial charge in [-0.3, -0.25) is 4.68 Å². The molecule has 0 atom stereocenters. The highest BCUT2D eigenvalue weighted by molar-refractivity contribution is 5.11. The van der Waals surface area contributed by atoms with Crippen LogP contribution in [0, 0.1) is 0 Å². The molecule has 4 heteroatoms. The van der Waals surface area contributed by atoms with Crippen LogP contribution in [0.25, 0.3) is 0 Å². The Morgan fingerprint density at radius 2 is 2.50 bits per heavy atom. The lowest BCUT2D eigenvalue weighted by Gasteiger charge is -1.98. The maximum atomic E-state index is 5.37. The molecule has 2 N–H and O–H groups in total. The Morgan fingerprint density at radius 3 is 3.17 bits per heavy atom. The minimum absolute atomic E-state index is 0.683. The van der Waals surface area contributed by atoms with E-state index in [1.54, 1.807) is 6.20 Å². The van der Waals surface area contributed by atoms with E-state index in [1.807, 2.05) is 17.8 Å². The predicted molar refractivity (Wildman–Crippen MR) is 47.1 cm³/mol. The van der Waals surface area contributed by atoms with Gasteiger partial charge in [-0.1, -0.05) is 0 Å². The second kappa shape index (κ2) is 4.77. The largest absolute Gasteiger partial charge is 0.491 e. The van der Waals surface area contributed by atoms with E-state index >= 15 is 0 Å². The van der Waals surface area contributed by atoms with Crippen molar-refractivity contribution in [3.05, 3.63) is 12.4 Å². The zero-order chi connectivity index (χ0) is 8.81. The van der Waals surface area contributed by atoms with E-state index in [9.17, 15) is 0 Å². The normalized spacial score (nSPS) is 10.2. The Bertz CT molecular complexity index is 222. The molecule has 0 aliphatic rings. The highest BCUT2D eigenvalue weighted by Gasteiger charge is 1.96. The van der Waals surface area contributed by atoms with Crippen molar-refractivity contribution in [1.82, 2.24) is 9.78 Å². The summed E-state index contributed by atoms with van der Waals surface area (Å²) < 4.78 is 7.10. The molecule has 0 amide bonds. The summed E-state index contributed by atoms with van der Waals surface area (Å²) in [7, 11) is 0. The zero-order valence-corrected chi connectivity index (χ0v) is 7.36. The number of nitrogens with zero attached hydrogens (tertiary/aromatic N) is 2. The van der Waals surface area contributed by atoms with Crippen LogP contribution in [0.4, 0.5) is 0 Å². The average molecular weight is 169 g/mol. The summed E-state index contributed by atoms with van der Waals surface area (Å²) in [5.74, 6) is 0.828. The van der Waals surface area contributed by atoms with E-state index in [-0.39, 0.29) is 0 Å². The van der Waals surface area contributed by atoms with E-state index in [0.717, 1.165) is 18.7 Å². The van der Waals surface area contributed by atoms with Gasteiger partial charge in [0.1, 0.15) is 0 Å². The fourth-order valence-corrected chi connectivity index (χ4v) is 0.961. The molecule has 1 rings (SSSR count). The van der Waals surface area contributed by atoms with Gasteiger partial charge in [-0.2, -0.15) is 5.10 Å². The first kappa shape index (κ1) is 9.06. The molecule has 0 radical (unpaired) electrons. The smallest absolute Gasteiger partial charge is 0.157 e. The highest BCUT2D eigenvalue weighted by Crippen LogP contribution is 2.07. The molecule has 0 aliphatic heterocycles. The number of hydrogen-bond acceptors (Lipinski definition) is 3. The maximum absolute atomic E-state index is 5.37. The lowest BCUT2D eigenvalue weighted by molar-refractivity contribution is 0.339. The summed E-state index contributed by atoms with van der Waals surface area (Å²) in [5.41, 5.74) is 5.37. The molecule has 0 aliphatic carbocycles. The van der Waals surface area contributed by atoms with E-state index in [4.69, 9.17) is 10.5 Å². The minimum Gasteiger partial charge on any atom is -0.491 e. The third-order valence-electron chi connectivity index (χ3n) is 1.51. The number of hydrogen-bond donors (Lipinski definition) is 1. The fourth-order valence-electron chi connectivity index (χ4n) is 0.961. The van der Waals surface area contributed by atoms with Gasteiger partial charge >= 0.3 is 0 Å². The molecule has 0 aromatic carbocycles. The van der Waals surface area contributed by atoms with E-state index in [0.29, 0.717) is 13.2 Å². The van der Waals surface area contributed by atoms with Crippen molar-refractivity contribution in [2.75, 3.05) is 13.2 Å². The molecule has 0 unspecified atom stereocenters. The van der Waals surface area contributed by atoms with Crippen LogP contribution in [0.1, 0.15) is 13.3 Å². The second-order valence-corrected chi connectivity index (χ2v) is 2.51. The molecule has 0 spiro atoms. The molecule has 68 valence electrons. The van der Waals surface area contributed by atoms with Gasteiger partial charge in [-0.25, -0.2) is 0 Å². The number of rotatable bonds is 5. The summed E-state index contributed by atoms with van der Waals surface area (Å²) >= 11 is 0. The third kappa shape index (κ3) is 2.54. The quantitative estimate of drug-likeness (QED) is 0.703. The van der Waals surface area contributed by atoms with Crippen LogP contribution in [0.15, 0.2) is 12.4 Å². The van der Waals surface area contributed by atoms with Crippen molar-refractivity contribution in [1.29, 1.82) is 0 Å². The van der Waals surface area contributed by atoms with Crippen LogP contribution in [0.3, 0.4) is 0 Å². The van der Waals surface area contributed by atoms with Gasteiger partial charge in [0.15, 0.2) is 5.75 Å².